The van der Waals surface area contributed by atoms with Crippen molar-refractivity contribution in [1.29, 1.82) is 0 Å². The van der Waals surface area contributed by atoms with Crippen molar-refractivity contribution in [2.24, 2.45) is 5.92 Å². The second-order valence-corrected chi connectivity index (χ2v) is 8.25. The molecule has 3 aromatic rings. The minimum atomic E-state index is -0.590. The maximum absolute atomic E-state index is 12.3. The lowest BCUT2D eigenvalue weighted by Gasteiger charge is -2.15. The molecule has 0 atom stereocenters. The van der Waals surface area contributed by atoms with Crippen molar-refractivity contribution in [3.63, 3.8) is 0 Å². The highest BCUT2D eigenvalue weighted by Gasteiger charge is 2.15. The van der Waals surface area contributed by atoms with Crippen molar-refractivity contribution >= 4 is 12.2 Å². The smallest absolute Gasteiger partial charge is 0.412 e. The van der Waals surface area contributed by atoms with Crippen LogP contribution in [0.25, 0.3) is 11.1 Å². The number of aromatic hydroxyl groups is 1. The van der Waals surface area contributed by atoms with Crippen LogP contribution in [0.15, 0.2) is 72.8 Å². The molecule has 0 heterocycles. The van der Waals surface area contributed by atoms with Crippen molar-refractivity contribution in [3.05, 3.63) is 83.9 Å². The van der Waals surface area contributed by atoms with Crippen LogP contribution in [-0.4, -0.2) is 23.8 Å². The number of phenolic OH excluding ortho intramolecular Hbond substituents is 1. The first-order valence-electron chi connectivity index (χ1n) is 11.2. The van der Waals surface area contributed by atoms with Gasteiger partial charge in [-0.3, -0.25) is 0 Å². The summed E-state index contributed by atoms with van der Waals surface area (Å²) in [6.07, 6.45) is -0.297. The molecule has 0 fully saturated rings. The fourth-order valence-electron chi connectivity index (χ4n) is 3.30. The number of ether oxygens (including phenoxy) is 2. The van der Waals surface area contributed by atoms with E-state index in [-0.39, 0.29) is 24.7 Å². The fourth-order valence-corrected chi connectivity index (χ4v) is 3.30. The van der Waals surface area contributed by atoms with E-state index in [1.165, 1.54) is 12.1 Å². The predicted molar refractivity (Wildman–Crippen MR) is 130 cm³/mol. The number of carbonyl (C=O) groups is 2. The van der Waals surface area contributed by atoms with Gasteiger partial charge in [-0.05, 0) is 41.2 Å². The van der Waals surface area contributed by atoms with E-state index in [0.29, 0.717) is 18.0 Å². The Hall–Kier alpha value is -4.00. The second-order valence-electron chi connectivity index (χ2n) is 8.25. The summed E-state index contributed by atoms with van der Waals surface area (Å²) in [5, 5.41) is 15.4. The molecule has 3 rings (SSSR count). The molecule has 34 heavy (non-hydrogen) atoms. The van der Waals surface area contributed by atoms with Gasteiger partial charge in [-0.15, -0.1) is 0 Å². The monoisotopic (exact) mass is 462 g/mol. The molecule has 0 aliphatic carbocycles. The standard InChI is InChI=1S/C27H30N2O5/c1-19(2)14-15-28-27(32)34-25-16-22(30)12-13-24(25)23-11-7-6-10-21(23)17-29-26(31)33-18-20-8-4-3-5-9-20/h3-13,16,19,30H,14-15,17-18H2,1-2H3,(H,28,32)(H,29,31). The molecule has 0 aliphatic heterocycles. The fraction of sp³-hybridized carbons (Fsp3) is 0.259. The third-order valence-corrected chi connectivity index (χ3v) is 5.10. The van der Waals surface area contributed by atoms with E-state index in [4.69, 9.17) is 9.47 Å². The lowest BCUT2D eigenvalue weighted by Crippen LogP contribution is -2.28. The van der Waals surface area contributed by atoms with E-state index in [0.717, 1.165) is 23.1 Å². The molecular formula is C27H30N2O5. The number of benzene rings is 3. The molecule has 0 bridgehead atoms. The lowest BCUT2D eigenvalue weighted by molar-refractivity contribution is 0.139. The molecule has 3 N–H and O–H groups in total. The number of amides is 2. The Labute approximate surface area is 199 Å². The summed E-state index contributed by atoms with van der Waals surface area (Å²) >= 11 is 0. The Morgan fingerprint density at radius 3 is 2.38 bits per heavy atom. The van der Waals surface area contributed by atoms with Gasteiger partial charge in [-0.2, -0.15) is 0 Å². The summed E-state index contributed by atoms with van der Waals surface area (Å²) in [6, 6.07) is 21.5. The first kappa shape index (κ1) is 24.6. The van der Waals surface area contributed by atoms with Crippen molar-refractivity contribution in [1.82, 2.24) is 10.6 Å². The zero-order valence-corrected chi connectivity index (χ0v) is 19.4. The zero-order valence-electron chi connectivity index (χ0n) is 19.4. The Bertz CT molecular complexity index is 1100. The lowest BCUT2D eigenvalue weighted by atomic mass is 9.98. The average Bonchev–Trinajstić information content (AvgIpc) is 2.82. The van der Waals surface area contributed by atoms with Gasteiger partial charge in [0, 0.05) is 24.7 Å². The van der Waals surface area contributed by atoms with Crippen LogP contribution in [0.4, 0.5) is 9.59 Å². The molecular weight excluding hydrogens is 432 g/mol. The largest absolute Gasteiger partial charge is 0.508 e. The molecule has 0 saturated carbocycles. The van der Waals surface area contributed by atoms with Gasteiger partial charge in [-0.1, -0.05) is 68.4 Å². The molecule has 0 saturated heterocycles. The molecule has 0 radical (unpaired) electrons. The van der Waals surface area contributed by atoms with Gasteiger partial charge in [0.1, 0.15) is 18.1 Å². The highest BCUT2D eigenvalue weighted by Crippen LogP contribution is 2.35. The summed E-state index contributed by atoms with van der Waals surface area (Å²) in [4.78, 5) is 24.5. The number of hydrogen-bond acceptors (Lipinski definition) is 5. The van der Waals surface area contributed by atoms with E-state index in [9.17, 15) is 14.7 Å². The van der Waals surface area contributed by atoms with Crippen LogP contribution in [0.2, 0.25) is 0 Å². The Morgan fingerprint density at radius 1 is 0.882 bits per heavy atom. The van der Waals surface area contributed by atoms with Crippen LogP contribution in [0.1, 0.15) is 31.4 Å². The molecule has 0 aliphatic rings. The minimum Gasteiger partial charge on any atom is -0.508 e. The predicted octanol–water partition coefficient (Wildman–Crippen LogP) is 5.62. The van der Waals surface area contributed by atoms with Gasteiger partial charge in [0.2, 0.25) is 0 Å². The van der Waals surface area contributed by atoms with Gasteiger partial charge in [0.05, 0.1) is 0 Å². The molecule has 0 unspecified atom stereocenters. The van der Waals surface area contributed by atoms with E-state index in [1.807, 2.05) is 54.6 Å². The second kappa shape index (κ2) is 12.3. The van der Waals surface area contributed by atoms with Crippen LogP contribution in [-0.2, 0) is 17.9 Å². The Balaban J connectivity index is 1.69. The number of alkyl carbamates (subject to hydrolysis) is 1. The number of hydrogen-bond donors (Lipinski definition) is 3. The van der Waals surface area contributed by atoms with Crippen LogP contribution in [0.5, 0.6) is 11.5 Å². The quantitative estimate of drug-likeness (QED) is 0.383. The number of nitrogens with one attached hydrogen (secondary N) is 2. The average molecular weight is 463 g/mol. The van der Waals surface area contributed by atoms with E-state index in [2.05, 4.69) is 24.5 Å². The van der Waals surface area contributed by atoms with Crippen LogP contribution in [0, 0.1) is 5.92 Å². The van der Waals surface area contributed by atoms with Crippen molar-refractivity contribution < 1.29 is 24.2 Å². The SMILES string of the molecule is CC(C)CCNC(=O)Oc1cc(O)ccc1-c1ccccc1CNC(=O)OCc1ccccc1. The third kappa shape index (κ3) is 7.55. The summed E-state index contributed by atoms with van der Waals surface area (Å²) in [7, 11) is 0. The normalized spacial score (nSPS) is 10.6. The summed E-state index contributed by atoms with van der Waals surface area (Å²) in [5.74, 6) is 0.658. The van der Waals surface area contributed by atoms with Gasteiger partial charge in [0.15, 0.2) is 0 Å². The molecule has 7 heteroatoms. The zero-order chi connectivity index (χ0) is 24.3. The van der Waals surface area contributed by atoms with Gasteiger partial charge >= 0.3 is 12.2 Å². The van der Waals surface area contributed by atoms with Crippen molar-refractivity contribution in [2.45, 2.75) is 33.4 Å². The number of carbonyl (C=O) groups excluding carboxylic acids is 2. The molecule has 178 valence electrons. The molecule has 7 nitrogen and oxygen atoms in total. The Morgan fingerprint density at radius 2 is 1.62 bits per heavy atom. The van der Waals surface area contributed by atoms with Gasteiger partial charge in [0.25, 0.3) is 0 Å². The van der Waals surface area contributed by atoms with Gasteiger partial charge in [-0.25, -0.2) is 9.59 Å². The van der Waals surface area contributed by atoms with Gasteiger partial charge < -0.3 is 25.2 Å². The highest BCUT2D eigenvalue weighted by atomic mass is 16.6. The van der Waals surface area contributed by atoms with Crippen LogP contribution in [0.3, 0.4) is 0 Å². The van der Waals surface area contributed by atoms with E-state index < -0.39 is 12.2 Å². The highest BCUT2D eigenvalue weighted by molar-refractivity contribution is 5.79. The topological polar surface area (TPSA) is 96.9 Å². The molecule has 3 aromatic carbocycles. The summed E-state index contributed by atoms with van der Waals surface area (Å²) < 4.78 is 10.8. The third-order valence-electron chi connectivity index (χ3n) is 5.10. The minimum absolute atomic E-state index is 0.0196. The number of phenols is 1. The first-order chi connectivity index (χ1) is 16.4. The summed E-state index contributed by atoms with van der Waals surface area (Å²) in [5.41, 5.74) is 3.08. The Kier molecular flexibility index (Phi) is 8.91. The van der Waals surface area contributed by atoms with Crippen LogP contribution < -0.4 is 15.4 Å². The maximum atomic E-state index is 12.3. The maximum Gasteiger partial charge on any atom is 0.412 e. The summed E-state index contributed by atoms with van der Waals surface area (Å²) in [6.45, 7) is 5.03. The van der Waals surface area contributed by atoms with E-state index >= 15 is 0 Å². The van der Waals surface area contributed by atoms with E-state index in [1.54, 1.807) is 6.07 Å². The molecule has 0 spiro atoms. The number of rotatable bonds is 9. The van der Waals surface area contributed by atoms with Crippen molar-refractivity contribution in [3.8, 4) is 22.6 Å². The van der Waals surface area contributed by atoms with Crippen LogP contribution >= 0.6 is 0 Å². The molecule has 0 aromatic heterocycles. The first-order valence-corrected chi connectivity index (χ1v) is 11.2. The molecule has 2 amide bonds. The van der Waals surface area contributed by atoms with Crippen molar-refractivity contribution in [2.75, 3.05) is 6.54 Å².